The maximum Gasteiger partial charge on any atom is 0.160 e. The maximum atomic E-state index is 8.56. The van der Waals surface area contributed by atoms with Gasteiger partial charge in [-0.2, -0.15) is 0 Å². The van der Waals surface area contributed by atoms with Gasteiger partial charge in [-0.3, -0.25) is 10.8 Å². The average Bonchev–Trinajstić information content (AvgIpc) is 2.98. The van der Waals surface area contributed by atoms with Gasteiger partial charge < -0.3 is 0 Å². The van der Waals surface area contributed by atoms with Crippen LogP contribution in [-0.4, -0.2) is 21.4 Å². The van der Waals surface area contributed by atoms with Crippen LogP contribution in [0.2, 0.25) is 0 Å². The number of rotatable bonds is 3. The first-order valence-corrected chi connectivity index (χ1v) is 12.5. The van der Waals surface area contributed by atoms with E-state index in [0.717, 1.165) is 55.2 Å². The van der Waals surface area contributed by atoms with E-state index in [2.05, 4.69) is 66.7 Å². The molecule has 0 atom stereocenters. The molecule has 4 nitrogen and oxygen atoms in total. The van der Waals surface area contributed by atoms with Crippen molar-refractivity contribution in [3.05, 3.63) is 126 Å². The van der Waals surface area contributed by atoms with E-state index >= 15 is 0 Å². The highest BCUT2D eigenvalue weighted by molar-refractivity contribution is 6.53. The molecule has 7 rings (SSSR count). The van der Waals surface area contributed by atoms with Gasteiger partial charge in [0.2, 0.25) is 0 Å². The molecule has 6 aromatic rings. The average molecular weight is 487 g/mol. The Bertz CT molecular complexity index is 1930. The Morgan fingerprint density at radius 3 is 2.05 bits per heavy atom. The van der Waals surface area contributed by atoms with Gasteiger partial charge in [-0.05, 0) is 45.7 Å². The molecular formula is C34H22N4. The van der Waals surface area contributed by atoms with Crippen LogP contribution in [0.5, 0.6) is 0 Å². The van der Waals surface area contributed by atoms with E-state index in [0.29, 0.717) is 5.82 Å². The summed E-state index contributed by atoms with van der Waals surface area (Å²) in [4.78, 5) is 10.0. The molecule has 0 aliphatic heterocycles. The first kappa shape index (κ1) is 22.0. The van der Waals surface area contributed by atoms with Gasteiger partial charge in [-0.25, -0.2) is 9.97 Å². The summed E-state index contributed by atoms with van der Waals surface area (Å²) in [7, 11) is 0. The van der Waals surface area contributed by atoms with Crippen LogP contribution in [0, 0.1) is 10.8 Å². The fraction of sp³-hybridized carbons (Fsp3) is 0. The Kier molecular flexibility index (Phi) is 5.05. The molecule has 1 aromatic heterocycles. The van der Waals surface area contributed by atoms with Gasteiger partial charge in [0, 0.05) is 22.1 Å². The standard InChI is InChI=1S/C34H22N4/c35-29-19-18-24-14-12-23-13-17-26(20-28(23)31(24)32(29)36)34-37-30-9-5-4-8-27(30)33(38-34)25-15-10-22(11-16-25)21-6-2-1-3-7-21/h1-20,35-36H. The van der Waals surface area contributed by atoms with Crippen molar-refractivity contribution in [3.63, 3.8) is 0 Å². The monoisotopic (exact) mass is 486 g/mol. The number of hydrogen-bond donors (Lipinski definition) is 2. The van der Waals surface area contributed by atoms with Crippen LogP contribution < -0.4 is 0 Å². The second-order valence-corrected chi connectivity index (χ2v) is 9.44. The Hall–Kier alpha value is -5.22. The number of nitrogens with zero attached hydrogens (tertiary/aromatic N) is 2. The molecular weight excluding hydrogens is 464 g/mol. The number of nitrogens with one attached hydrogen (secondary N) is 2. The molecule has 0 fully saturated rings. The fourth-order valence-electron chi connectivity index (χ4n) is 5.16. The van der Waals surface area contributed by atoms with E-state index in [4.69, 9.17) is 20.8 Å². The number of benzene rings is 5. The van der Waals surface area contributed by atoms with Crippen molar-refractivity contribution in [2.45, 2.75) is 0 Å². The lowest BCUT2D eigenvalue weighted by molar-refractivity contribution is 1.23. The van der Waals surface area contributed by atoms with Crippen molar-refractivity contribution < 1.29 is 0 Å². The molecule has 0 spiro atoms. The summed E-state index contributed by atoms with van der Waals surface area (Å²) in [5.41, 5.74) is 8.22. The van der Waals surface area contributed by atoms with Crippen molar-refractivity contribution >= 4 is 39.2 Å². The molecule has 178 valence electrons. The zero-order valence-electron chi connectivity index (χ0n) is 20.4. The largest absolute Gasteiger partial charge is 0.299 e. The normalized spacial score (nSPS) is 12.7. The molecule has 1 aliphatic rings. The molecule has 1 heterocycles. The molecule has 0 radical (unpaired) electrons. The number of fused-ring (bicyclic) bond motifs is 4. The summed E-state index contributed by atoms with van der Waals surface area (Å²) in [5.74, 6) is 0.637. The van der Waals surface area contributed by atoms with Crippen LogP contribution in [0.3, 0.4) is 0 Å². The van der Waals surface area contributed by atoms with E-state index in [-0.39, 0.29) is 11.4 Å². The molecule has 4 heteroatoms. The third-order valence-electron chi connectivity index (χ3n) is 7.13. The minimum atomic E-state index is 0.221. The fourth-order valence-corrected chi connectivity index (χ4v) is 5.16. The number of aromatic nitrogens is 2. The van der Waals surface area contributed by atoms with Crippen molar-refractivity contribution in [2.24, 2.45) is 0 Å². The Balaban J connectivity index is 1.39. The van der Waals surface area contributed by atoms with Crippen LogP contribution in [-0.2, 0) is 0 Å². The summed E-state index contributed by atoms with van der Waals surface area (Å²) in [6, 6.07) is 37.2. The summed E-state index contributed by atoms with van der Waals surface area (Å²) in [6.45, 7) is 0. The lowest BCUT2D eigenvalue weighted by Crippen LogP contribution is -2.16. The lowest BCUT2D eigenvalue weighted by Gasteiger charge is -2.16. The highest BCUT2D eigenvalue weighted by Gasteiger charge is 2.19. The van der Waals surface area contributed by atoms with Crippen molar-refractivity contribution in [1.29, 1.82) is 10.8 Å². The highest BCUT2D eigenvalue weighted by Crippen LogP contribution is 2.33. The second-order valence-electron chi connectivity index (χ2n) is 9.44. The predicted molar refractivity (Wildman–Crippen MR) is 157 cm³/mol. The third kappa shape index (κ3) is 3.62. The molecule has 5 aromatic carbocycles. The van der Waals surface area contributed by atoms with E-state index in [9.17, 15) is 0 Å². The van der Waals surface area contributed by atoms with Crippen LogP contribution in [0.1, 0.15) is 11.1 Å². The zero-order chi connectivity index (χ0) is 25.6. The molecule has 0 unspecified atom stereocenters. The summed E-state index contributed by atoms with van der Waals surface area (Å²) in [6.07, 6.45) is 3.59. The zero-order valence-corrected chi connectivity index (χ0v) is 20.4. The van der Waals surface area contributed by atoms with Gasteiger partial charge >= 0.3 is 0 Å². The summed E-state index contributed by atoms with van der Waals surface area (Å²) < 4.78 is 0. The van der Waals surface area contributed by atoms with Gasteiger partial charge in [0.25, 0.3) is 0 Å². The highest BCUT2D eigenvalue weighted by atomic mass is 14.9. The van der Waals surface area contributed by atoms with Crippen LogP contribution in [0.15, 0.2) is 115 Å². The van der Waals surface area contributed by atoms with Crippen molar-refractivity contribution in [2.75, 3.05) is 0 Å². The molecule has 0 saturated heterocycles. The Morgan fingerprint density at radius 1 is 0.526 bits per heavy atom. The number of para-hydroxylation sites is 1. The van der Waals surface area contributed by atoms with Gasteiger partial charge in [-0.1, -0.05) is 103 Å². The smallest absolute Gasteiger partial charge is 0.160 e. The minimum absolute atomic E-state index is 0.221. The summed E-state index contributed by atoms with van der Waals surface area (Å²) >= 11 is 0. The van der Waals surface area contributed by atoms with Crippen molar-refractivity contribution in [3.8, 4) is 33.8 Å². The van der Waals surface area contributed by atoms with Crippen LogP contribution >= 0.6 is 0 Å². The number of hydrogen-bond acceptors (Lipinski definition) is 4. The van der Waals surface area contributed by atoms with Crippen LogP contribution in [0.4, 0.5) is 0 Å². The van der Waals surface area contributed by atoms with E-state index in [1.54, 1.807) is 6.08 Å². The predicted octanol–water partition coefficient (Wildman–Crippen LogP) is 8.20. The van der Waals surface area contributed by atoms with E-state index < -0.39 is 0 Å². The lowest BCUT2D eigenvalue weighted by atomic mass is 9.88. The van der Waals surface area contributed by atoms with E-state index in [1.165, 1.54) is 5.56 Å². The molecule has 2 N–H and O–H groups in total. The van der Waals surface area contributed by atoms with Crippen LogP contribution in [0.25, 0.3) is 61.5 Å². The van der Waals surface area contributed by atoms with Gasteiger partial charge in [0.1, 0.15) is 0 Å². The third-order valence-corrected chi connectivity index (χ3v) is 7.13. The molecule has 0 amide bonds. The van der Waals surface area contributed by atoms with Gasteiger partial charge in [-0.15, -0.1) is 0 Å². The van der Waals surface area contributed by atoms with E-state index in [1.807, 2.05) is 48.5 Å². The Labute approximate surface area is 220 Å². The molecule has 38 heavy (non-hydrogen) atoms. The molecule has 0 bridgehead atoms. The molecule has 0 saturated carbocycles. The number of allylic oxidation sites excluding steroid dienone is 1. The SMILES string of the molecule is N=C1C=Cc2ccc3ccc(-c4nc(-c5ccc(-c6ccccc6)cc5)c5ccccc5n4)cc3c2C1=N. The minimum Gasteiger partial charge on any atom is -0.299 e. The quantitative estimate of drug-likeness (QED) is 0.265. The second kappa shape index (κ2) is 8.71. The van der Waals surface area contributed by atoms with Gasteiger partial charge in [0.15, 0.2) is 5.82 Å². The Morgan fingerprint density at radius 2 is 1.21 bits per heavy atom. The van der Waals surface area contributed by atoms with Gasteiger partial charge in [0.05, 0.1) is 22.6 Å². The maximum absolute atomic E-state index is 8.56. The first-order chi connectivity index (χ1) is 18.7. The first-order valence-electron chi connectivity index (χ1n) is 12.5. The molecule has 1 aliphatic carbocycles. The van der Waals surface area contributed by atoms with Crippen molar-refractivity contribution in [1.82, 2.24) is 9.97 Å². The summed E-state index contributed by atoms with van der Waals surface area (Å²) in [5, 5.41) is 19.7. The topological polar surface area (TPSA) is 73.5 Å².